The van der Waals surface area contributed by atoms with Crippen molar-refractivity contribution in [1.29, 1.82) is 0 Å². The zero-order valence-corrected chi connectivity index (χ0v) is 38.0. The van der Waals surface area contributed by atoms with E-state index < -0.39 is 73.1 Å². The van der Waals surface area contributed by atoms with Gasteiger partial charge in [-0.05, 0) is 33.3 Å². The number of esters is 1. The van der Waals surface area contributed by atoms with Gasteiger partial charge >= 0.3 is 5.97 Å². The molecule has 2 aliphatic rings. The molecule has 0 saturated carbocycles. The van der Waals surface area contributed by atoms with Gasteiger partial charge in [-0.25, -0.2) is 9.78 Å². The highest BCUT2D eigenvalue weighted by Gasteiger charge is 2.46. The molecule has 344 valence electrons. The number of aromatic nitrogens is 1. The number of aliphatic hydroxyl groups excluding tert-OH is 4. The number of rotatable bonds is 9. The van der Waals surface area contributed by atoms with Crippen LogP contribution in [0.3, 0.4) is 0 Å². The summed E-state index contributed by atoms with van der Waals surface area (Å²) >= 11 is 0. The van der Waals surface area contributed by atoms with Crippen LogP contribution in [0.4, 0.5) is 0 Å². The molecular weight excluding hydrogens is 795 g/mol. The third-order valence-electron chi connectivity index (χ3n) is 11.1. The second-order valence-corrected chi connectivity index (χ2v) is 16.2. The van der Waals surface area contributed by atoms with E-state index in [4.69, 9.17) is 32.8 Å². The Balaban J connectivity index is 1.96. The normalized spacial score (nSPS) is 32.7. The van der Waals surface area contributed by atoms with Crippen LogP contribution in [0, 0.1) is 17.8 Å². The average Bonchev–Trinajstić information content (AvgIpc) is 3.71. The Morgan fingerprint density at radius 2 is 1.42 bits per heavy atom. The summed E-state index contributed by atoms with van der Waals surface area (Å²) in [5.74, 6) is -1.26. The average molecular weight is 866 g/mol. The summed E-state index contributed by atoms with van der Waals surface area (Å²) < 4.78 is 41.4. The van der Waals surface area contributed by atoms with Crippen molar-refractivity contribution >= 4 is 12.0 Å². The van der Waals surface area contributed by atoms with Crippen LogP contribution in [-0.2, 0) is 33.2 Å². The van der Waals surface area contributed by atoms with Crippen LogP contribution in [0.15, 0.2) is 113 Å². The van der Waals surface area contributed by atoms with Crippen molar-refractivity contribution in [2.45, 2.75) is 135 Å². The lowest BCUT2D eigenvalue weighted by atomic mass is 9.86. The molecular formula is C49H71NO12. The molecule has 13 heteroatoms. The van der Waals surface area contributed by atoms with Gasteiger partial charge in [0.15, 0.2) is 12.2 Å². The van der Waals surface area contributed by atoms with Crippen molar-refractivity contribution in [3.05, 3.63) is 121 Å². The second-order valence-electron chi connectivity index (χ2n) is 16.2. The maximum absolute atomic E-state index is 13.0. The lowest BCUT2D eigenvalue weighted by Crippen LogP contribution is -2.59. The quantitative estimate of drug-likeness (QED) is 0.189. The zero-order valence-electron chi connectivity index (χ0n) is 38.0. The number of carbonyl (C=O) groups is 1. The van der Waals surface area contributed by atoms with Crippen LogP contribution in [-0.4, -0.2) is 120 Å². The van der Waals surface area contributed by atoms with Crippen molar-refractivity contribution in [2.75, 3.05) is 21.3 Å². The largest absolute Gasteiger partial charge is 0.458 e. The molecule has 4 N–H and O–H groups in total. The van der Waals surface area contributed by atoms with Crippen molar-refractivity contribution < 1.29 is 58.1 Å². The van der Waals surface area contributed by atoms with Crippen LogP contribution in [0.25, 0.3) is 6.08 Å². The number of methoxy groups -OCH3 is 3. The minimum absolute atomic E-state index is 0.141. The molecule has 1 aromatic heterocycles. The van der Waals surface area contributed by atoms with E-state index in [1.807, 2.05) is 76.3 Å². The summed E-state index contributed by atoms with van der Waals surface area (Å²) in [7, 11) is 4.63. The number of carbonyl (C=O) groups excluding carboxylic acids is 1. The summed E-state index contributed by atoms with van der Waals surface area (Å²) in [5.41, 5.74) is 1.56. The molecule has 0 amide bonds. The summed E-state index contributed by atoms with van der Waals surface area (Å²) in [4.78, 5) is 17.7. The Bertz CT molecular complexity index is 1750. The third-order valence-corrected chi connectivity index (χ3v) is 11.1. The minimum atomic E-state index is -0.903. The molecule has 2 aliphatic heterocycles. The van der Waals surface area contributed by atoms with E-state index in [0.717, 1.165) is 5.57 Å². The number of oxazole rings is 1. The molecule has 2 bridgehead atoms. The van der Waals surface area contributed by atoms with Crippen LogP contribution in [0.5, 0.6) is 0 Å². The number of aliphatic hydroxyl groups is 4. The first-order valence-corrected chi connectivity index (χ1v) is 21.4. The standard InChI is InChI=1S/C49H71NO12/c1-31-21-15-11-14-18-26-43(54)62-45(35(5)40(53)28-34(4)51)32(2)22-16-12-13-17-24-39(52)29-42(56-8)36(6)48-50-38(30-59-48)23-19-20-25-41(33(3)27-31)61-49-47(58-10)46(57-9)44(55)37(7)60-49/h11-27,30,32-37,39-42,44-47,49,51-53,55H,28-29H2,1-10H3/t32-,33+,34-,35+,36+,37+,39+,40+,41+,42+,44+,45-,46-,47+,49-/m0/s1. The van der Waals surface area contributed by atoms with Gasteiger partial charge in [0.25, 0.3) is 0 Å². The molecule has 3 rings (SSSR count). The van der Waals surface area contributed by atoms with Gasteiger partial charge in [0.1, 0.15) is 36.4 Å². The Labute approximate surface area is 368 Å². The number of fused-ring (bicyclic) bond motifs is 2. The zero-order chi connectivity index (χ0) is 45.8. The molecule has 13 nitrogen and oxygen atoms in total. The van der Waals surface area contributed by atoms with Crippen molar-refractivity contribution in [3.8, 4) is 0 Å². The van der Waals surface area contributed by atoms with E-state index in [0.29, 0.717) is 18.0 Å². The SMILES string of the molecule is CO[C@H]1[C@H](O[C@@H]2C=CC=Cc3coc(n3)[C@H](C)[C@H](OC)C[C@H](O)C=CC=CC=C[C@H](C)[C@@H]([C@H](C)[C@H](O)C[C@H](C)O)OC(=O)C=CC=CC=CC(C)=C[C@H]2C)O[C@H](C)[C@@H](O)[C@@H]1OC. The highest BCUT2D eigenvalue weighted by molar-refractivity contribution is 5.82. The summed E-state index contributed by atoms with van der Waals surface area (Å²) in [6.45, 7) is 13.0. The summed E-state index contributed by atoms with van der Waals surface area (Å²) in [5, 5.41) is 42.3. The van der Waals surface area contributed by atoms with E-state index >= 15 is 0 Å². The molecule has 1 fully saturated rings. The first-order valence-electron chi connectivity index (χ1n) is 21.4. The van der Waals surface area contributed by atoms with E-state index in [9.17, 15) is 25.2 Å². The molecule has 0 aromatic carbocycles. The molecule has 1 aromatic rings. The summed E-state index contributed by atoms with van der Waals surface area (Å²) in [6, 6.07) is 0. The lowest BCUT2D eigenvalue weighted by Gasteiger charge is -2.43. The Morgan fingerprint density at radius 3 is 2.08 bits per heavy atom. The number of hydrogen-bond acceptors (Lipinski definition) is 13. The Hall–Kier alpha value is -4.02. The van der Waals surface area contributed by atoms with Gasteiger partial charge in [0.2, 0.25) is 0 Å². The van der Waals surface area contributed by atoms with Crippen molar-refractivity contribution in [1.82, 2.24) is 4.98 Å². The number of nitrogens with zero attached hydrogens (tertiary/aromatic N) is 1. The lowest BCUT2D eigenvalue weighted by molar-refractivity contribution is -0.310. The first kappa shape index (κ1) is 52.3. The monoisotopic (exact) mass is 865 g/mol. The number of hydrogen-bond donors (Lipinski definition) is 4. The number of cyclic esters (lactones) is 1. The molecule has 0 aliphatic carbocycles. The van der Waals surface area contributed by atoms with Crippen LogP contribution in [0.1, 0.15) is 78.8 Å². The number of ether oxygens (including phenoxy) is 6. The van der Waals surface area contributed by atoms with Gasteiger partial charge in [-0.2, -0.15) is 0 Å². The van der Waals surface area contributed by atoms with Crippen molar-refractivity contribution in [3.63, 3.8) is 0 Å². The van der Waals surface area contributed by atoms with Crippen LogP contribution >= 0.6 is 0 Å². The Morgan fingerprint density at radius 1 is 0.790 bits per heavy atom. The third kappa shape index (κ3) is 16.9. The predicted molar refractivity (Wildman–Crippen MR) is 240 cm³/mol. The van der Waals surface area contributed by atoms with E-state index in [-0.39, 0.29) is 30.3 Å². The second kappa shape index (κ2) is 27.2. The van der Waals surface area contributed by atoms with Crippen LogP contribution in [0.2, 0.25) is 0 Å². The van der Waals surface area contributed by atoms with Gasteiger partial charge in [-0.1, -0.05) is 124 Å². The highest BCUT2D eigenvalue weighted by atomic mass is 16.7. The molecule has 0 unspecified atom stereocenters. The molecule has 0 radical (unpaired) electrons. The van der Waals surface area contributed by atoms with Gasteiger partial charge in [-0.3, -0.25) is 0 Å². The van der Waals surface area contributed by atoms with E-state index in [1.165, 1.54) is 20.3 Å². The minimum Gasteiger partial charge on any atom is -0.458 e. The molecule has 15 atom stereocenters. The van der Waals surface area contributed by atoms with Crippen LogP contribution < -0.4 is 0 Å². The predicted octanol–water partition coefficient (Wildman–Crippen LogP) is 6.88. The Kier molecular flexibility index (Phi) is 23.0. The number of allylic oxidation sites excluding steroid dienone is 12. The molecule has 62 heavy (non-hydrogen) atoms. The van der Waals surface area contributed by atoms with E-state index in [2.05, 4.69) is 11.1 Å². The molecule has 1 saturated heterocycles. The topological polar surface area (TPSA) is 179 Å². The fourth-order valence-electron chi connectivity index (χ4n) is 7.36. The maximum atomic E-state index is 13.0. The summed E-state index contributed by atoms with van der Waals surface area (Å²) in [6.07, 6.45) is 24.8. The maximum Gasteiger partial charge on any atom is 0.331 e. The van der Waals surface area contributed by atoms with Crippen molar-refractivity contribution in [2.24, 2.45) is 17.8 Å². The molecule has 0 spiro atoms. The highest BCUT2D eigenvalue weighted by Crippen LogP contribution is 2.30. The van der Waals surface area contributed by atoms with Gasteiger partial charge in [-0.15, -0.1) is 0 Å². The van der Waals surface area contributed by atoms with Gasteiger partial charge in [0.05, 0.1) is 42.5 Å². The van der Waals surface area contributed by atoms with Gasteiger partial charge < -0.3 is 53.3 Å². The van der Waals surface area contributed by atoms with E-state index in [1.54, 1.807) is 76.7 Å². The smallest absolute Gasteiger partial charge is 0.331 e. The fraction of sp³-hybridized carbons (Fsp3) is 0.551. The first-order chi connectivity index (χ1) is 29.6. The van der Waals surface area contributed by atoms with Gasteiger partial charge in [0, 0.05) is 51.6 Å². The molecule has 3 heterocycles. The fourth-order valence-corrected chi connectivity index (χ4v) is 7.36.